The number of hydrogen-bond acceptors (Lipinski definition) is 6. The normalized spacial score (nSPS) is 25.5. The third kappa shape index (κ3) is 3.32. The first-order chi connectivity index (χ1) is 13.0. The summed E-state index contributed by atoms with van der Waals surface area (Å²) in [7, 11) is 0. The summed E-state index contributed by atoms with van der Waals surface area (Å²) in [6.07, 6.45) is 5.62. The van der Waals surface area contributed by atoms with Gasteiger partial charge in [0.05, 0.1) is 6.04 Å². The maximum atomic E-state index is 12.6. The van der Waals surface area contributed by atoms with Crippen LogP contribution in [0, 0.1) is 5.92 Å². The molecule has 9 heteroatoms. The fourth-order valence-corrected chi connectivity index (χ4v) is 4.83. The molecule has 2 fully saturated rings. The van der Waals surface area contributed by atoms with E-state index in [1.54, 1.807) is 18.5 Å². The number of aliphatic carboxylic acids is 1. The summed E-state index contributed by atoms with van der Waals surface area (Å²) in [5, 5.41) is 12.0. The molecule has 27 heavy (non-hydrogen) atoms. The first kappa shape index (κ1) is 18.0. The van der Waals surface area contributed by atoms with Crippen molar-refractivity contribution in [1.29, 1.82) is 0 Å². The van der Waals surface area contributed by atoms with Crippen molar-refractivity contribution in [2.75, 3.05) is 5.75 Å². The molecule has 1 aromatic rings. The number of nitrogens with one attached hydrogen (secondary N) is 1. The van der Waals surface area contributed by atoms with Gasteiger partial charge in [-0.05, 0) is 42.4 Å². The maximum Gasteiger partial charge on any atom is 0.352 e. The Bertz CT molecular complexity index is 824. The molecule has 0 radical (unpaired) electrons. The van der Waals surface area contributed by atoms with Gasteiger partial charge in [0, 0.05) is 18.1 Å². The Kier molecular flexibility index (Phi) is 4.65. The molecule has 1 saturated heterocycles. The Balaban J connectivity index is 1.51. The minimum Gasteiger partial charge on any atom is -0.477 e. The zero-order valence-electron chi connectivity index (χ0n) is 14.5. The minimum atomic E-state index is -1.13. The number of aromatic nitrogens is 1. The fourth-order valence-electron chi connectivity index (χ4n) is 3.49. The van der Waals surface area contributed by atoms with Crippen molar-refractivity contribution in [3.63, 3.8) is 0 Å². The standard InChI is InChI=1S/C18H20N4O4S/c19-12(10-3-4-10)15(23)21-13-16(24)22-14(18(25)26)11(8-27-17(13)22)6-9-2-1-5-20-7-9/h1-2,5,7,10,12-13,17H,3-4,6,8,19H2,(H,21,23)(H,25,26)/t12-,13-,17-/m1/s1. The molecule has 0 aromatic carbocycles. The lowest BCUT2D eigenvalue weighted by molar-refractivity contribution is -0.150. The van der Waals surface area contributed by atoms with Gasteiger partial charge in [0.15, 0.2) is 0 Å². The van der Waals surface area contributed by atoms with E-state index in [0.29, 0.717) is 17.7 Å². The van der Waals surface area contributed by atoms with Gasteiger partial charge in [-0.25, -0.2) is 4.79 Å². The van der Waals surface area contributed by atoms with Gasteiger partial charge < -0.3 is 16.2 Å². The molecule has 2 aliphatic heterocycles. The second-order valence-corrected chi connectivity index (χ2v) is 8.16. The molecule has 0 spiro atoms. The highest BCUT2D eigenvalue weighted by molar-refractivity contribution is 8.00. The molecule has 8 nitrogen and oxygen atoms in total. The molecular formula is C18H20N4O4S. The molecule has 4 N–H and O–H groups in total. The van der Waals surface area contributed by atoms with E-state index >= 15 is 0 Å². The van der Waals surface area contributed by atoms with Crippen LogP contribution in [0.25, 0.3) is 0 Å². The highest BCUT2D eigenvalue weighted by Gasteiger charge is 2.54. The van der Waals surface area contributed by atoms with Crippen LogP contribution in [0.1, 0.15) is 18.4 Å². The van der Waals surface area contributed by atoms with E-state index in [4.69, 9.17) is 5.73 Å². The summed E-state index contributed by atoms with van der Waals surface area (Å²) in [5.41, 5.74) is 7.47. The number of amides is 2. The van der Waals surface area contributed by atoms with Crippen molar-refractivity contribution in [1.82, 2.24) is 15.2 Å². The average Bonchev–Trinajstić information content (AvgIpc) is 3.50. The molecule has 0 bridgehead atoms. The number of rotatable bonds is 6. The van der Waals surface area contributed by atoms with Crippen LogP contribution in [0.3, 0.4) is 0 Å². The van der Waals surface area contributed by atoms with Crippen LogP contribution in [0.5, 0.6) is 0 Å². The number of hydrogen-bond donors (Lipinski definition) is 3. The van der Waals surface area contributed by atoms with E-state index in [0.717, 1.165) is 18.4 Å². The quantitative estimate of drug-likeness (QED) is 0.590. The monoisotopic (exact) mass is 388 g/mol. The largest absolute Gasteiger partial charge is 0.477 e. The van der Waals surface area contributed by atoms with E-state index in [2.05, 4.69) is 10.3 Å². The lowest BCUT2D eigenvalue weighted by Gasteiger charge is -2.49. The number of carboxylic acid groups (broad SMARTS) is 1. The fraction of sp³-hybridized carbons (Fsp3) is 0.444. The van der Waals surface area contributed by atoms with Gasteiger partial charge in [-0.3, -0.25) is 19.5 Å². The SMILES string of the molecule is N[C@@H](C(=O)N[C@@H]1C(=O)N2C(C(=O)O)=C(Cc3cccnc3)CS[C@H]12)C1CC1. The number of carbonyl (C=O) groups excluding carboxylic acids is 2. The van der Waals surface area contributed by atoms with Crippen LogP contribution >= 0.6 is 11.8 Å². The van der Waals surface area contributed by atoms with Gasteiger partial charge in [-0.2, -0.15) is 0 Å². The van der Waals surface area contributed by atoms with Gasteiger partial charge >= 0.3 is 5.97 Å². The number of carbonyl (C=O) groups is 3. The molecule has 1 saturated carbocycles. The number of fused-ring (bicyclic) bond motifs is 1. The Hall–Kier alpha value is -2.39. The third-order valence-electron chi connectivity index (χ3n) is 5.12. The van der Waals surface area contributed by atoms with E-state index in [9.17, 15) is 19.5 Å². The molecule has 0 unspecified atom stereocenters. The van der Waals surface area contributed by atoms with Crippen molar-refractivity contribution in [2.24, 2.45) is 11.7 Å². The number of nitrogens with two attached hydrogens (primary N) is 1. The van der Waals surface area contributed by atoms with Crippen molar-refractivity contribution in [3.8, 4) is 0 Å². The van der Waals surface area contributed by atoms with Gasteiger partial charge in [0.2, 0.25) is 5.91 Å². The number of nitrogens with zero attached hydrogens (tertiary/aromatic N) is 2. The molecular weight excluding hydrogens is 368 g/mol. The first-order valence-electron chi connectivity index (χ1n) is 8.82. The van der Waals surface area contributed by atoms with Crippen molar-refractivity contribution >= 4 is 29.5 Å². The number of carboxylic acids is 1. The summed E-state index contributed by atoms with van der Waals surface area (Å²) < 4.78 is 0. The lowest BCUT2D eigenvalue weighted by Crippen LogP contribution is -2.71. The predicted molar refractivity (Wildman–Crippen MR) is 98.3 cm³/mol. The van der Waals surface area contributed by atoms with E-state index < -0.39 is 29.3 Å². The Morgan fingerprint density at radius 2 is 2.22 bits per heavy atom. The topological polar surface area (TPSA) is 126 Å². The van der Waals surface area contributed by atoms with Crippen molar-refractivity contribution in [3.05, 3.63) is 41.4 Å². The van der Waals surface area contributed by atoms with Crippen LogP contribution in [0.2, 0.25) is 0 Å². The van der Waals surface area contributed by atoms with Crippen molar-refractivity contribution in [2.45, 2.75) is 36.7 Å². The second kappa shape index (κ2) is 6.97. The second-order valence-electron chi connectivity index (χ2n) is 7.05. The Morgan fingerprint density at radius 3 is 2.85 bits per heavy atom. The molecule has 3 atom stereocenters. The van der Waals surface area contributed by atoms with E-state index in [1.807, 2.05) is 6.07 Å². The highest BCUT2D eigenvalue weighted by Crippen LogP contribution is 2.41. The third-order valence-corrected chi connectivity index (χ3v) is 6.46. The summed E-state index contributed by atoms with van der Waals surface area (Å²) in [6, 6.07) is 2.34. The van der Waals surface area contributed by atoms with Gasteiger partial charge in [-0.15, -0.1) is 11.8 Å². The Labute approximate surface area is 160 Å². The molecule has 1 aromatic heterocycles. The number of β-lactam (4-membered cyclic amide) rings is 1. The molecule has 3 aliphatic rings. The summed E-state index contributed by atoms with van der Waals surface area (Å²) in [6.45, 7) is 0. The van der Waals surface area contributed by atoms with Crippen LogP contribution in [0.4, 0.5) is 0 Å². The average molecular weight is 388 g/mol. The molecule has 3 heterocycles. The van der Waals surface area contributed by atoms with E-state index in [-0.39, 0.29) is 17.5 Å². The van der Waals surface area contributed by atoms with Crippen LogP contribution < -0.4 is 11.1 Å². The summed E-state index contributed by atoms with van der Waals surface area (Å²) >= 11 is 1.46. The van der Waals surface area contributed by atoms with Gasteiger partial charge in [0.1, 0.15) is 17.1 Å². The Morgan fingerprint density at radius 1 is 1.44 bits per heavy atom. The van der Waals surface area contributed by atoms with Crippen LogP contribution in [-0.4, -0.2) is 56.0 Å². The highest BCUT2D eigenvalue weighted by atomic mass is 32.2. The smallest absolute Gasteiger partial charge is 0.352 e. The molecule has 2 amide bonds. The number of pyridine rings is 1. The maximum absolute atomic E-state index is 12.6. The van der Waals surface area contributed by atoms with E-state index in [1.165, 1.54) is 16.7 Å². The summed E-state index contributed by atoms with van der Waals surface area (Å²) in [4.78, 5) is 42.0. The van der Waals surface area contributed by atoms with Crippen LogP contribution in [0.15, 0.2) is 35.8 Å². The zero-order valence-corrected chi connectivity index (χ0v) is 15.3. The van der Waals surface area contributed by atoms with Crippen molar-refractivity contribution < 1.29 is 19.5 Å². The zero-order chi connectivity index (χ0) is 19.1. The molecule has 4 rings (SSSR count). The van der Waals surface area contributed by atoms with Crippen LogP contribution in [-0.2, 0) is 20.8 Å². The first-order valence-corrected chi connectivity index (χ1v) is 9.87. The summed E-state index contributed by atoms with van der Waals surface area (Å²) in [5.74, 6) is -1.20. The van der Waals surface area contributed by atoms with Gasteiger partial charge in [0.25, 0.3) is 5.91 Å². The minimum absolute atomic E-state index is 0.0181. The lowest BCUT2D eigenvalue weighted by atomic mass is 9.99. The number of thioether (sulfide) groups is 1. The predicted octanol–water partition coefficient (Wildman–Crippen LogP) is 0.100. The molecule has 1 aliphatic carbocycles. The molecule has 142 valence electrons. The van der Waals surface area contributed by atoms with Gasteiger partial charge in [-0.1, -0.05) is 6.07 Å².